The van der Waals surface area contributed by atoms with Gasteiger partial charge in [0.05, 0.1) is 16.5 Å². The van der Waals surface area contributed by atoms with E-state index in [1.54, 1.807) is 0 Å². The first-order chi connectivity index (χ1) is 12.0. The molecule has 25 heavy (non-hydrogen) atoms. The maximum absolute atomic E-state index is 12.4. The topological polar surface area (TPSA) is 99.1 Å². The first kappa shape index (κ1) is 18.5. The van der Waals surface area contributed by atoms with E-state index in [1.807, 2.05) is 13.0 Å². The number of benzene rings is 2. The average Bonchev–Trinajstić information content (AvgIpc) is 2.62. The zero-order chi connectivity index (χ0) is 18.3. The molecule has 0 aromatic heterocycles. The van der Waals surface area contributed by atoms with Gasteiger partial charge in [-0.2, -0.15) is 5.26 Å². The van der Waals surface area contributed by atoms with Crippen molar-refractivity contribution in [3.63, 3.8) is 0 Å². The zero-order valence-corrected chi connectivity index (χ0v) is 14.6. The minimum absolute atomic E-state index is 0.0574. The van der Waals surface area contributed by atoms with Gasteiger partial charge in [0.1, 0.15) is 0 Å². The molecule has 0 aliphatic heterocycles. The Morgan fingerprint density at radius 2 is 1.72 bits per heavy atom. The summed E-state index contributed by atoms with van der Waals surface area (Å²) in [4.78, 5) is 12.0. The summed E-state index contributed by atoms with van der Waals surface area (Å²) in [7, 11) is -3.76. The maximum atomic E-state index is 12.4. The largest absolute Gasteiger partial charge is 0.352 e. The van der Waals surface area contributed by atoms with Crippen LogP contribution in [-0.4, -0.2) is 20.9 Å². The molecule has 2 rings (SSSR count). The van der Waals surface area contributed by atoms with Crippen molar-refractivity contribution in [3.05, 3.63) is 59.7 Å². The molecule has 2 N–H and O–H groups in total. The summed E-state index contributed by atoms with van der Waals surface area (Å²) in [6, 6.07) is 13.8. The number of anilines is 1. The Hall–Kier alpha value is -2.85. The Labute approximate surface area is 147 Å². The van der Waals surface area contributed by atoms with Crippen molar-refractivity contribution in [3.8, 4) is 6.07 Å². The summed E-state index contributed by atoms with van der Waals surface area (Å²) < 4.78 is 27.2. The van der Waals surface area contributed by atoms with Crippen molar-refractivity contribution in [2.75, 3.05) is 11.3 Å². The molecule has 2 aromatic carbocycles. The highest BCUT2D eigenvalue weighted by Crippen LogP contribution is 2.17. The highest BCUT2D eigenvalue weighted by Gasteiger charge is 2.15. The molecule has 2 aromatic rings. The standard InChI is InChI=1S/C18H19N3O3S/c1-2-3-12-20-18(22)15-6-10-17(11-7-15)25(23,24)21-16-8-4-14(13-19)5-9-16/h4-11,21H,2-3,12H2,1H3,(H,20,22). The molecule has 0 bridgehead atoms. The van der Waals surface area contributed by atoms with Crippen LogP contribution in [0.2, 0.25) is 0 Å². The fourth-order valence-corrected chi connectivity index (χ4v) is 3.15. The average molecular weight is 357 g/mol. The molecular weight excluding hydrogens is 338 g/mol. The SMILES string of the molecule is CCCCNC(=O)c1ccc(S(=O)(=O)Nc2ccc(C#N)cc2)cc1. The van der Waals surface area contributed by atoms with Crippen LogP contribution >= 0.6 is 0 Å². The van der Waals surface area contributed by atoms with Crippen molar-refractivity contribution in [2.45, 2.75) is 24.7 Å². The van der Waals surface area contributed by atoms with Crippen molar-refractivity contribution in [1.82, 2.24) is 5.32 Å². The van der Waals surface area contributed by atoms with Gasteiger partial charge in [0.2, 0.25) is 0 Å². The van der Waals surface area contributed by atoms with E-state index in [1.165, 1.54) is 48.5 Å². The summed E-state index contributed by atoms with van der Waals surface area (Å²) >= 11 is 0. The Morgan fingerprint density at radius 1 is 1.08 bits per heavy atom. The van der Waals surface area contributed by atoms with Crippen LogP contribution in [0.25, 0.3) is 0 Å². The first-order valence-electron chi connectivity index (χ1n) is 7.87. The summed E-state index contributed by atoms with van der Waals surface area (Å²) in [5.74, 6) is -0.225. The van der Waals surface area contributed by atoms with Gasteiger partial charge in [0, 0.05) is 17.8 Å². The van der Waals surface area contributed by atoms with Crippen LogP contribution < -0.4 is 10.0 Å². The predicted octanol–water partition coefficient (Wildman–Crippen LogP) is 2.89. The summed E-state index contributed by atoms with van der Waals surface area (Å²) in [5, 5.41) is 11.5. The van der Waals surface area contributed by atoms with Crippen LogP contribution in [0.4, 0.5) is 5.69 Å². The molecule has 0 saturated heterocycles. The Morgan fingerprint density at radius 3 is 2.28 bits per heavy atom. The van der Waals surface area contributed by atoms with Crippen LogP contribution in [0.3, 0.4) is 0 Å². The van der Waals surface area contributed by atoms with Gasteiger partial charge in [-0.25, -0.2) is 8.42 Å². The number of hydrogen-bond acceptors (Lipinski definition) is 4. The fraction of sp³-hybridized carbons (Fsp3) is 0.222. The number of nitrogens with one attached hydrogen (secondary N) is 2. The monoisotopic (exact) mass is 357 g/mol. The highest BCUT2D eigenvalue weighted by molar-refractivity contribution is 7.92. The van der Waals surface area contributed by atoms with E-state index in [0.29, 0.717) is 23.4 Å². The van der Waals surface area contributed by atoms with Crippen molar-refractivity contribution in [1.29, 1.82) is 5.26 Å². The van der Waals surface area contributed by atoms with Crippen LogP contribution in [-0.2, 0) is 10.0 Å². The van der Waals surface area contributed by atoms with Gasteiger partial charge in [0.15, 0.2) is 0 Å². The number of rotatable bonds is 7. The van der Waals surface area contributed by atoms with Crippen LogP contribution in [0.15, 0.2) is 53.4 Å². The van der Waals surface area contributed by atoms with Crippen molar-refractivity contribution >= 4 is 21.6 Å². The summed E-state index contributed by atoms with van der Waals surface area (Å²) in [6.07, 6.45) is 1.88. The molecule has 0 aliphatic carbocycles. The number of nitriles is 1. The number of carbonyl (C=O) groups is 1. The number of sulfonamides is 1. The normalized spacial score (nSPS) is 10.7. The molecule has 0 spiro atoms. The van der Waals surface area contributed by atoms with Gasteiger partial charge >= 0.3 is 0 Å². The second-order valence-electron chi connectivity index (χ2n) is 5.43. The lowest BCUT2D eigenvalue weighted by molar-refractivity contribution is 0.0953. The maximum Gasteiger partial charge on any atom is 0.261 e. The molecule has 6 nitrogen and oxygen atoms in total. The zero-order valence-electron chi connectivity index (χ0n) is 13.8. The molecule has 0 radical (unpaired) electrons. The number of hydrogen-bond donors (Lipinski definition) is 2. The number of unbranched alkanes of at least 4 members (excludes halogenated alkanes) is 1. The highest BCUT2D eigenvalue weighted by atomic mass is 32.2. The lowest BCUT2D eigenvalue weighted by Gasteiger charge is -2.09. The number of amides is 1. The second kappa shape index (κ2) is 8.31. The van der Waals surface area contributed by atoms with Gasteiger partial charge in [-0.3, -0.25) is 9.52 Å². The molecule has 0 heterocycles. The van der Waals surface area contributed by atoms with Gasteiger partial charge in [0.25, 0.3) is 15.9 Å². The first-order valence-corrected chi connectivity index (χ1v) is 9.36. The van der Waals surface area contributed by atoms with E-state index in [0.717, 1.165) is 12.8 Å². The van der Waals surface area contributed by atoms with Crippen LogP contribution in [0.1, 0.15) is 35.7 Å². The minimum atomic E-state index is -3.76. The predicted molar refractivity (Wildman–Crippen MR) is 95.6 cm³/mol. The second-order valence-corrected chi connectivity index (χ2v) is 7.11. The number of nitrogens with zero attached hydrogens (tertiary/aromatic N) is 1. The van der Waals surface area contributed by atoms with Gasteiger partial charge < -0.3 is 5.32 Å². The van der Waals surface area contributed by atoms with E-state index in [2.05, 4.69) is 10.0 Å². The van der Waals surface area contributed by atoms with Crippen LogP contribution in [0, 0.1) is 11.3 Å². The Bertz CT molecular complexity index is 867. The van der Waals surface area contributed by atoms with E-state index in [9.17, 15) is 13.2 Å². The van der Waals surface area contributed by atoms with E-state index < -0.39 is 10.0 Å². The van der Waals surface area contributed by atoms with Gasteiger partial charge in [-0.05, 0) is 55.0 Å². The molecular formula is C18H19N3O3S. The molecule has 1 amide bonds. The molecule has 0 atom stereocenters. The van der Waals surface area contributed by atoms with E-state index in [-0.39, 0.29) is 10.8 Å². The van der Waals surface area contributed by atoms with Crippen molar-refractivity contribution in [2.24, 2.45) is 0 Å². The minimum Gasteiger partial charge on any atom is -0.352 e. The molecule has 0 unspecified atom stereocenters. The third kappa shape index (κ3) is 5.06. The fourth-order valence-electron chi connectivity index (χ4n) is 2.09. The van der Waals surface area contributed by atoms with E-state index >= 15 is 0 Å². The molecule has 0 fully saturated rings. The molecule has 130 valence electrons. The molecule has 0 aliphatic rings. The number of carbonyl (C=O) groups excluding carboxylic acids is 1. The smallest absolute Gasteiger partial charge is 0.261 e. The van der Waals surface area contributed by atoms with Gasteiger partial charge in [-0.1, -0.05) is 13.3 Å². The van der Waals surface area contributed by atoms with Gasteiger partial charge in [-0.15, -0.1) is 0 Å². The third-order valence-corrected chi connectivity index (χ3v) is 4.91. The summed E-state index contributed by atoms with van der Waals surface area (Å²) in [6.45, 7) is 2.63. The van der Waals surface area contributed by atoms with Crippen molar-refractivity contribution < 1.29 is 13.2 Å². The molecule has 0 saturated carbocycles. The van der Waals surface area contributed by atoms with E-state index in [4.69, 9.17) is 5.26 Å². The third-order valence-electron chi connectivity index (χ3n) is 3.51. The Balaban J connectivity index is 2.09. The summed E-state index contributed by atoms with van der Waals surface area (Å²) in [5.41, 5.74) is 1.22. The lowest BCUT2D eigenvalue weighted by atomic mass is 10.2. The lowest BCUT2D eigenvalue weighted by Crippen LogP contribution is -2.24. The van der Waals surface area contributed by atoms with Crippen LogP contribution in [0.5, 0.6) is 0 Å². The Kier molecular flexibility index (Phi) is 6.14. The molecule has 7 heteroatoms. The quantitative estimate of drug-likeness (QED) is 0.744.